The monoisotopic (exact) mass is 394 g/mol. The third-order valence-electron chi connectivity index (χ3n) is 5.04. The maximum Gasteiger partial charge on any atom is 0.435 e. The molecule has 2 amide bonds. The average molecular weight is 394 g/mol. The number of para-hydroxylation sites is 1. The Labute approximate surface area is 160 Å². The topological polar surface area (TPSA) is 67.2 Å². The number of likely N-dealkylation sites (tertiary alicyclic amines) is 1. The van der Waals surface area contributed by atoms with Gasteiger partial charge in [0.05, 0.1) is 0 Å². The van der Waals surface area contributed by atoms with Crippen LogP contribution in [-0.4, -0.2) is 40.1 Å². The zero-order chi connectivity index (χ0) is 20.6. The second kappa shape index (κ2) is 7.29. The number of anilines is 1. The zero-order valence-electron chi connectivity index (χ0n) is 15.7. The maximum absolute atomic E-state index is 13.0. The molecule has 0 bridgehead atoms. The van der Waals surface area contributed by atoms with Crippen LogP contribution in [0.3, 0.4) is 0 Å². The van der Waals surface area contributed by atoms with Crippen LogP contribution >= 0.6 is 0 Å². The van der Waals surface area contributed by atoms with Gasteiger partial charge in [-0.15, -0.1) is 0 Å². The van der Waals surface area contributed by atoms with Gasteiger partial charge in [0.2, 0.25) is 11.8 Å². The van der Waals surface area contributed by atoms with E-state index in [0.717, 1.165) is 16.3 Å². The Bertz CT molecular complexity index is 907. The van der Waals surface area contributed by atoms with Crippen LogP contribution < -0.4 is 5.32 Å². The molecule has 1 saturated heterocycles. The molecule has 28 heavy (non-hydrogen) atoms. The molecule has 150 valence electrons. The number of alkyl halides is 3. The highest BCUT2D eigenvalue weighted by atomic mass is 19.4. The molecule has 0 radical (unpaired) electrons. The van der Waals surface area contributed by atoms with Crippen molar-refractivity contribution in [1.29, 1.82) is 0 Å². The summed E-state index contributed by atoms with van der Waals surface area (Å²) in [4.78, 5) is 26.9. The van der Waals surface area contributed by atoms with E-state index >= 15 is 0 Å². The van der Waals surface area contributed by atoms with E-state index in [0.29, 0.717) is 12.1 Å². The first-order valence-corrected chi connectivity index (χ1v) is 8.88. The van der Waals surface area contributed by atoms with Gasteiger partial charge in [-0.25, -0.2) is 0 Å². The smallest absolute Gasteiger partial charge is 0.344 e. The number of aryl methyl sites for hydroxylation is 2. The lowest BCUT2D eigenvalue weighted by Crippen LogP contribution is -2.33. The van der Waals surface area contributed by atoms with Crippen LogP contribution in [0.1, 0.15) is 29.8 Å². The third-order valence-corrected chi connectivity index (χ3v) is 5.04. The second-order valence-corrected chi connectivity index (χ2v) is 6.88. The highest BCUT2D eigenvalue weighted by Crippen LogP contribution is 2.37. The Hall–Kier alpha value is -2.84. The van der Waals surface area contributed by atoms with E-state index in [-0.39, 0.29) is 12.2 Å². The molecule has 0 aliphatic carbocycles. The van der Waals surface area contributed by atoms with Crippen LogP contribution in [0.15, 0.2) is 30.3 Å². The van der Waals surface area contributed by atoms with Crippen molar-refractivity contribution in [1.82, 2.24) is 14.7 Å². The van der Waals surface area contributed by atoms with Crippen LogP contribution in [0, 0.1) is 5.92 Å². The largest absolute Gasteiger partial charge is 0.435 e. The number of likely N-dealkylation sites (N-methyl/N-ethyl adjacent to an activating group) is 1. The van der Waals surface area contributed by atoms with Crippen molar-refractivity contribution >= 4 is 17.5 Å². The lowest BCUT2D eigenvalue weighted by molar-refractivity contribution is -0.141. The maximum atomic E-state index is 13.0. The molecule has 2 heterocycles. The lowest BCUT2D eigenvalue weighted by Gasteiger charge is -2.18. The Morgan fingerprint density at radius 2 is 1.96 bits per heavy atom. The third kappa shape index (κ3) is 3.61. The van der Waals surface area contributed by atoms with Gasteiger partial charge in [0, 0.05) is 37.9 Å². The molecule has 1 aliphatic heterocycles. The fourth-order valence-electron chi connectivity index (χ4n) is 3.59. The molecule has 2 aromatic rings. The van der Waals surface area contributed by atoms with Gasteiger partial charge in [0.15, 0.2) is 5.69 Å². The number of halogens is 3. The molecular weight excluding hydrogens is 373 g/mol. The number of carbonyl (C=O) groups is 2. The van der Waals surface area contributed by atoms with Crippen molar-refractivity contribution in [3.8, 4) is 0 Å². The van der Waals surface area contributed by atoms with Gasteiger partial charge in [-0.2, -0.15) is 18.3 Å². The second-order valence-electron chi connectivity index (χ2n) is 6.88. The van der Waals surface area contributed by atoms with Gasteiger partial charge in [-0.3, -0.25) is 14.3 Å². The standard InChI is InChI=1S/C19H21F3N4O2/c1-4-11-7-5-6-8-13(11)23-17(27)16-12(10-25(2)18(16)28)14-9-15(19(20,21)22)24-26(14)3/h5-9,12,16H,4,10H2,1-3H3,(H,23,27)/t12-,16+/m1/s1. The van der Waals surface area contributed by atoms with Crippen LogP contribution in [-0.2, 0) is 29.2 Å². The predicted molar refractivity (Wildman–Crippen MR) is 96.5 cm³/mol. The van der Waals surface area contributed by atoms with Crippen molar-refractivity contribution < 1.29 is 22.8 Å². The highest BCUT2D eigenvalue weighted by molar-refractivity contribution is 6.08. The van der Waals surface area contributed by atoms with Crippen molar-refractivity contribution in [3.05, 3.63) is 47.3 Å². The van der Waals surface area contributed by atoms with E-state index in [2.05, 4.69) is 10.4 Å². The summed E-state index contributed by atoms with van der Waals surface area (Å²) >= 11 is 0. The quantitative estimate of drug-likeness (QED) is 0.811. The number of nitrogens with one attached hydrogen (secondary N) is 1. The minimum Gasteiger partial charge on any atom is -0.344 e. The molecule has 1 N–H and O–H groups in total. The molecule has 6 nitrogen and oxygen atoms in total. The van der Waals surface area contributed by atoms with Gasteiger partial charge < -0.3 is 10.2 Å². The van der Waals surface area contributed by atoms with E-state index in [1.54, 1.807) is 12.1 Å². The lowest BCUT2D eigenvalue weighted by atomic mass is 9.91. The summed E-state index contributed by atoms with van der Waals surface area (Å²) in [5, 5.41) is 6.28. The first-order valence-electron chi connectivity index (χ1n) is 8.88. The van der Waals surface area contributed by atoms with Crippen LogP contribution in [0.2, 0.25) is 0 Å². The molecular formula is C19H21F3N4O2. The summed E-state index contributed by atoms with van der Waals surface area (Å²) in [6.07, 6.45) is -3.91. The number of rotatable bonds is 4. The summed E-state index contributed by atoms with van der Waals surface area (Å²) in [6.45, 7) is 2.08. The Balaban J connectivity index is 1.93. The number of amides is 2. The summed E-state index contributed by atoms with van der Waals surface area (Å²) in [6, 6.07) is 8.14. The minimum atomic E-state index is -4.59. The molecule has 0 unspecified atom stereocenters. The number of hydrogen-bond donors (Lipinski definition) is 1. The van der Waals surface area contributed by atoms with Crippen molar-refractivity contribution in [2.45, 2.75) is 25.4 Å². The molecule has 2 atom stereocenters. The predicted octanol–water partition coefficient (Wildman–Crippen LogP) is 2.81. The number of carbonyl (C=O) groups excluding carboxylic acids is 2. The molecule has 1 aromatic heterocycles. The zero-order valence-corrected chi connectivity index (χ0v) is 15.7. The molecule has 1 fully saturated rings. The van der Waals surface area contributed by atoms with Crippen molar-refractivity contribution in [2.75, 3.05) is 18.9 Å². The fourth-order valence-corrected chi connectivity index (χ4v) is 3.59. The number of aromatic nitrogens is 2. The molecule has 1 aromatic carbocycles. The number of hydrogen-bond acceptors (Lipinski definition) is 3. The molecule has 3 rings (SSSR count). The van der Waals surface area contributed by atoms with E-state index in [1.807, 2.05) is 19.1 Å². The van der Waals surface area contributed by atoms with Gasteiger partial charge in [-0.05, 0) is 24.1 Å². The van der Waals surface area contributed by atoms with Gasteiger partial charge in [0.25, 0.3) is 0 Å². The first kappa shape index (κ1) is 19.9. The summed E-state index contributed by atoms with van der Waals surface area (Å²) in [5.41, 5.74) is 0.666. The summed E-state index contributed by atoms with van der Waals surface area (Å²) in [5.74, 6) is -2.80. The average Bonchev–Trinajstić information content (AvgIpc) is 3.15. The Kier molecular flexibility index (Phi) is 5.18. The minimum absolute atomic E-state index is 0.142. The highest BCUT2D eigenvalue weighted by Gasteiger charge is 2.46. The van der Waals surface area contributed by atoms with Gasteiger partial charge in [0.1, 0.15) is 5.92 Å². The normalized spacial score (nSPS) is 19.9. The molecule has 9 heteroatoms. The van der Waals surface area contributed by atoms with E-state index < -0.39 is 35.5 Å². The van der Waals surface area contributed by atoms with Crippen LogP contribution in [0.4, 0.5) is 18.9 Å². The van der Waals surface area contributed by atoms with Crippen molar-refractivity contribution in [2.24, 2.45) is 13.0 Å². The van der Waals surface area contributed by atoms with Crippen LogP contribution in [0.5, 0.6) is 0 Å². The van der Waals surface area contributed by atoms with Crippen molar-refractivity contribution in [3.63, 3.8) is 0 Å². The summed E-state index contributed by atoms with van der Waals surface area (Å²) in [7, 11) is 2.92. The van der Waals surface area contributed by atoms with Gasteiger partial charge >= 0.3 is 6.18 Å². The van der Waals surface area contributed by atoms with E-state index in [9.17, 15) is 22.8 Å². The summed E-state index contributed by atoms with van der Waals surface area (Å²) < 4.78 is 40.1. The van der Waals surface area contributed by atoms with Crippen LogP contribution in [0.25, 0.3) is 0 Å². The SMILES string of the molecule is CCc1ccccc1NC(=O)[C@H]1C(=O)N(C)C[C@@H]1c1cc(C(F)(F)F)nn1C. The van der Waals surface area contributed by atoms with E-state index in [4.69, 9.17) is 0 Å². The molecule has 0 spiro atoms. The first-order chi connectivity index (χ1) is 13.1. The van der Waals surface area contributed by atoms with Gasteiger partial charge in [-0.1, -0.05) is 25.1 Å². The number of nitrogens with zero attached hydrogens (tertiary/aromatic N) is 3. The van der Waals surface area contributed by atoms with E-state index in [1.165, 1.54) is 19.0 Å². The Morgan fingerprint density at radius 3 is 2.57 bits per heavy atom. The fraction of sp³-hybridized carbons (Fsp3) is 0.421. The number of benzene rings is 1. The Morgan fingerprint density at radius 1 is 1.29 bits per heavy atom. The molecule has 0 saturated carbocycles. The molecule has 1 aliphatic rings.